The van der Waals surface area contributed by atoms with Crippen molar-refractivity contribution in [2.75, 3.05) is 11.2 Å². The molecular formula is C15H10ClF2N5. The fourth-order valence-corrected chi connectivity index (χ4v) is 2.73. The van der Waals surface area contributed by atoms with Crippen LogP contribution in [-0.2, 0) is 0 Å². The first-order chi connectivity index (χ1) is 11.0. The first kappa shape index (κ1) is 13.8. The molecule has 2 aromatic carbocycles. The molecule has 0 atom stereocenters. The molecule has 0 bridgehead atoms. The lowest BCUT2D eigenvalue weighted by Gasteiger charge is -2.05. The Hall–Kier alpha value is -2.80. The minimum Gasteiger partial charge on any atom is -0.359 e. The number of fused-ring (bicyclic) bond motifs is 2. The summed E-state index contributed by atoms with van der Waals surface area (Å²) in [5.41, 5.74) is 1.69. The first-order valence-corrected chi connectivity index (χ1v) is 7.07. The molecule has 0 radical (unpaired) electrons. The third-order valence-corrected chi connectivity index (χ3v) is 3.83. The van der Waals surface area contributed by atoms with Crippen LogP contribution in [0.1, 0.15) is 0 Å². The highest BCUT2D eigenvalue weighted by Crippen LogP contribution is 2.29. The van der Waals surface area contributed by atoms with Gasteiger partial charge in [0.25, 0.3) is 0 Å². The SMILES string of the molecule is Nn1c(Nc2c[nH]c3ccc(Cl)cc23)nc2cc(F)cc(F)c21. The first-order valence-electron chi connectivity index (χ1n) is 6.69. The van der Waals surface area contributed by atoms with Gasteiger partial charge in [-0.05, 0) is 18.2 Å². The van der Waals surface area contributed by atoms with Crippen LogP contribution >= 0.6 is 11.6 Å². The molecular weight excluding hydrogens is 324 g/mol. The normalized spacial score (nSPS) is 11.4. The van der Waals surface area contributed by atoms with Gasteiger partial charge in [-0.1, -0.05) is 11.6 Å². The zero-order valence-corrected chi connectivity index (χ0v) is 12.3. The Morgan fingerprint density at radius 1 is 1.22 bits per heavy atom. The number of nitrogens with zero attached hydrogens (tertiary/aromatic N) is 2. The van der Waals surface area contributed by atoms with E-state index < -0.39 is 11.6 Å². The van der Waals surface area contributed by atoms with E-state index in [0.717, 1.165) is 27.7 Å². The van der Waals surface area contributed by atoms with Crippen molar-refractivity contribution in [3.8, 4) is 0 Å². The van der Waals surface area contributed by atoms with Gasteiger partial charge in [-0.3, -0.25) is 0 Å². The summed E-state index contributed by atoms with van der Waals surface area (Å²) in [6, 6.07) is 7.27. The summed E-state index contributed by atoms with van der Waals surface area (Å²) in [5, 5.41) is 4.41. The molecule has 0 spiro atoms. The van der Waals surface area contributed by atoms with Crippen LogP contribution in [0.4, 0.5) is 20.4 Å². The summed E-state index contributed by atoms with van der Waals surface area (Å²) in [5.74, 6) is 4.58. The molecule has 4 N–H and O–H groups in total. The van der Waals surface area contributed by atoms with Gasteiger partial charge in [-0.25, -0.2) is 18.4 Å². The predicted molar refractivity (Wildman–Crippen MR) is 86.4 cm³/mol. The molecule has 0 fully saturated rings. The number of benzene rings is 2. The molecule has 23 heavy (non-hydrogen) atoms. The van der Waals surface area contributed by atoms with Crippen molar-refractivity contribution in [2.45, 2.75) is 0 Å². The van der Waals surface area contributed by atoms with E-state index in [1.54, 1.807) is 18.3 Å². The van der Waals surface area contributed by atoms with Gasteiger partial charge in [-0.15, -0.1) is 0 Å². The molecule has 2 heterocycles. The summed E-state index contributed by atoms with van der Waals surface area (Å²) < 4.78 is 28.2. The van der Waals surface area contributed by atoms with Gasteiger partial charge in [0, 0.05) is 34.3 Å². The van der Waals surface area contributed by atoms with Crippen molar-refractivity contribution in [1.29, 1.82) is 0 Å². The topological polar surface area (TPSA) is 71.7 Å². The van der Waals surface area contributed by atoms with Crippen molar-refractivity contribution < 1.29 is 8.78 Å². The average molecular weight is 334 g/mol. The highest BCUT2D eigenvalue weighted by molar-refractivity contribution is 6.31. The molecule has 0 aliphatic carbocycles. The van der Waals surface area contributed by atoms with Gasteiger partial charge < -0.3 is 16.1 Å². The summed E-state index contributed by atoms with van der Waals surface area (Å²) >= 11 is 6.01. The van der Waals surface area contributed by atoms with Crippen LogP contribution in [0.2, 0.25) is 5.02 Å². The van der Waals surface area contributed by atoms with Crippen molar-refractivity contribution >= 4 is 45.2 Å². The number of aromatic amines is 1. The number of anilines is 2. The van der Waals surface area contributed by atoms with Gasteiger partial charge in [0.05, 0.1) is 11.2 Å². The highest BCUT2D eigenvalue weighted by atomic mass is 35.5. The second-order valence-corrected chi connectivity index (χ2v) is 5.51. The van der Waals surface area contributed by atoms with Gasteiger partial charge in [0.2, 0.25) is 5.95 Å². The van der Waals surface area contributed by atoms with Gasteiger partial charge >= 0.3 is 0 Å². The number of imidazole rings is 1. The predicted octanol–water partition coefficient (Wildman–Crippen LogP) is 3.91. The van der Waals surface area contributed by atoms with Crippen LogP contribution in [0.3, 0.4) is 0 Å². The number of hydrogen-bond donors (Lipinski definition) is 3. The quantitative estimate of drug-likeness (QED) is 0.487. The van der Waals surface area contributed by atoms with Crippen LogP contribution in [0, 0.1) is 11.6 Å². The molecule has 4 aromatic rings. The number of hydrogen-bond acceptors (Lipinski definition) is 3. The zero-order chi connectivity index (χ0) is 16.1. The molecule has 2 aromatic heterocycles. The van der Waals surface area contributed by atoms with Crippen LogP contribution in [0.5, 0.6) is 0 Å². The smallest absolute Gasteiger partial charge is 0.227 e. The van der Waals surface area contributed by atoms with Crippen molar-refractivity contribution in [1.82, 2.24) is 14.6 Å². The van der Waals surface area contributed by atoms with Crippen molar-refractivity contribution in [3.05, 3.63) is 53.2 Å². The van der Waals surface area contributed by atoms with Gasteiger partial charge in [0.15, 0.2) is 5.82 Å². The molecule has 0 aliphatic heterocycles. The lowest BCUT2D eigenvalue weighted by Crippen LogP contribution is -2.12. The number of nitrogens with one attached hydrogen (secondary N) is 2. The third-order valence-electron chi connectivity index (χ3n) is 3.59. The summed E-state index contributed by atoms with van der Waals surface area (Å²) in [6.45, 7) is 0. The maximum Gasteiger partial charge on any atom is 0.227 e. The number of rotatable bonds is 2. The van der Waals surface area contributed by atoms with E-state index in [-0.39, 0.29) is 17.0 Å². The number of halogens is 3. The summed E-state index contributed by atoms with van der Waals surface area (Å²) in [7, 11) is 0. The van der Waals surface area contributed by atoms with E-state index in [0.29, 0.717) is 10.7 Å². The van der Waals surface area contributed by atoms with E-state index in [1.165, 1.54) is 0 Å². The molecule has 8 heteroatoms. The van der Waals surface area contributed by atoms with Gasteiger partial charge in [-0.2, -0.15) is 0 Å². The molecule has 116 valence electrons. The highest BCUT2D eigenvalue weighted by Gasteiger charge is 2.15. The Labute approximate surface area is 133 Å². The largest absolute Gasteiger partial charge is 0.359 e. The maximum absolute atomic E-state index is 13.9. The zero-order valence-electron chi connectivity index (χ0n) is 11.6. The maximum atomic E-state index is 13.9. The number of aromatic nitrogens is 3. The van der Waals surface area contributed by atoms with E-state index in [1.807, 2.05) is 6.07 Å². The number of nitrogens with two attached hydrogens (primary N) is 1. The molecule has 4 rings (SSSR count). The van der Waals surface area contributed by atoms with Crippen LogP contribution in [0.25, 0.3) is 21.9 Å². The van der Waals surface area contributed by atoms with E-state index >= 15 is 0 Å². The Balaban J connectivity index is 1.85. The molecule has 0 unspecified atom stereocenters. The Morgan fingerprint density at radius 2 is 2.04 bits per heavy atom. The van der Waals surface area contributed by atoms with E-state index in [9.17, 15) is 8.78 Å². The fraction of sp³-hybridized carbons (Fsp3) is 0. The van der Waals surface area contributed by atoms with Crippen molar-refractivity contribution in [2.24, 2.45) is 0 Å². The third kappa shape index (κ3) is 2.17. The molecule has 0 amide bonds. The molecule has 0 saturated carbocycles. The van der Waals surface area contributed by atoms with E-state index in [2.05, 4.69) is 15.3 Å². The molecule has 5 nitrogen and oxygen atoms in total. The Morgan fingerprint density at radius 3 is 2.87 bits per heavy atom. The lowest BCUT2D eigenvalue weighted by atomic mass is 10.2. The second kappa shape index (κ2) is 4.85. The fourth-order valence-electron chi connectivity index (χ4n) is 2.55. The average Bonchev–Trinajstić information content (AvgIpc) is 3.01. The molecule has 0 aliphatic rings. The van der Waals surface area contributed by atoms with Crippen LogP contribution < -0.4 is 11.2 Å². The Kier molecular flexibility index (Phi) is 2.92. The monoisotopic (exact) mass is 333 g/mol. The molecule has 0 saturated heterocycles. The van der Waals surface area contributed by atoms with Gasteiger partial charge in [0.1, 0.15) is 11.3 Å². The van der Waals surface area contributed by atoms with Crippen LogP contribution in [-0.4, -0.2) is 14.6 Å². The number of H-pyrrole nitrogens is 1. The lowest BCUT2D eigenvalue weighted by molar-refractivity contribution is 0.589. The van der Waals surface area contributed by atoms with Crippen LogP contribution in [0.15, 0.2) is 36.5 Å². The summed E-state index contributed by atoms with van der Waals surface area (Å²) in [6.07, 6.45) is 1.72. The minimum atomic E-state index is -0.773. The van der Waals surface area contributed by atoms with Crippen molar-refractivity contribution in [3.63, 3.8) is 0 Å². The standard InChI is InChI=1S/C15H10ClF2N5/c16-7-1-2-11-9(3-7)13(6-20-11)22-15-21-12-5-8(17)4-10(18)14(12)23(15)19/h1-6,20H,19H2,(H,21,22). The Bertz CT molecular complexity index is 1050. The second-order valence-electron chi connectivity index (χ2n) is 5.08. The van der Waals surface area contributed by atoms with E-state index in [4.69, 9.17) is 17.4 Å². The minimum absolute atomic E-state index is 0.0202. The number of nitrogen functional groups attached to an aromatic ring is 1. The summed E-state index contributed by atoms with van der Waals surface area (Å²) in [4.78, 5) is 7.21.